The van der Waals surface area contributed by atoms with Gasteiger partial charge in [0, 0.05) is 39.5 Å². The van der Waals surface area contributed by atoms with Gasteiger partial charge < -0.3 is 14.2 Å². The first-order valence-corrected chi connectivity index (χ1v) is 11.8. The van der Waals surface area contributed by atoms with Crippen LogP contribution in [0.4, 0.5) is 0 Å². The van der Waals surface area contributed by atoms with Crippen LogP contribution in [0, 0.1) is 0 Å². The van der Waals surface area contributed by atoms with Crippen molar-refractivity contribution in [3.05, 3.63) is 24.0 Å². The van der Waals surface area contributed by atoms with Crippen LogP contribution in [0.25, 0.3) is 11.0 Å². The van der Waals surface area contributed by atoms with Gasteiger partial charge in [-0.2, -0.15) is 0 Å². The number of aromatic nitrogens is 2. The SMILES string of the molecule is CCOC(=O)CN(C(=O)CCc1nc2cc(S(=O)(=O)N(C)C)ccc2n1CC)C(C)C. The number of carbonyl (C=O) groups excluding carboxylic acids is 2. The lowest BCUT2D eigenvalue weighted by Crippen LogP contribution is -2.41. The van der Waals surface area contributed by atoms with Crippen LogP contribution in [0.2, 0.25) is 0 Å². The number of nitrogens with zero attached hydrogens (tertiary/aromatic N) is 4. The zero-order chi connectivity index (χ0) is 23.3. The van der Waals surface area contributed by atoms with Crippen LogP contribution in [-0.4, -0.2) is 72.3 Å². The minimum atomic E-state index is -3.56. The first-order valence-electron chi connectivity index (χ1n) is 10.4. The summed E-state index contributed by atoms with van der Waals surface area (Å²) < 4.78 is 33.0. The van der Waals surface area contributed by atoms with Crippen molar-refractivity contribution in [3.8, 4) is 0 Å². The van der Waals surface area contributed by atoms with Crippen molar-refractivity contribution < 1.29 is 22.7 Å². The minimum Gasteiger partial charge on any atom is -0.465 e. The molecule has 10 heteroatoms. The van der Waals surface area contributed by atoms with Crippen LogP contribution in [0.1, 0.15) is 39.9 Å². The molecule has 9 nitrogen and oxygen atoms in total. The van der Waals surface area contributed by atoms with Crippen molar-refractivity contribution in [2.45, 2.75) is 58.0 Å². The predicted molar refractivity (Wildman–Crippen MR) is 118 cm³/mol. The van der Waals surface area contributed by atoms with E-state index in [0.29, 0.717) is 24.3 Å². The van der Waals surface area contributed by atoms with E-state index in [1.165, 1.54) is 19.0 Å². The summed E-state index contributed by atoms with van der Waals surface area (Å²) in [6, 6.07) is 4.74. The minimum absolute atomic E-state index is 0.0830. The van der Waals surface area contributed by atoms with Gasteiger partial charge in [0.25, 0.3) is 0 Å². The van der Waals surface area contributed by atoms with E-state index in [0.717, 1.165) is 9.82 Å². The largest absolute Gasteiger partial charge is 0.465 e. The maximum absolute atomic E-state index is 12.8. The van der Waals surface area contributed by atoms with Gasteiger partial charge in [-0.1, -0.05) is 0 Å². The molecule has 1 amide bonds. The summed E-state index contributed by atoms with van der Waals surface area (Å²) >= 11 is 0. The highest BCUT2D eigenvalue weighted by atomic mass is 32.2. The van der Waals surface area contributed by atoms with Crippen molar-refractivity contribution in [1.82, 2.24) is 18.8 Å². The van der Waals surface area contributed by atoms with Crippen LogP contribution in [0.5, 0.6) is 0 Å². The molecule has 0 atom stereocenters. The van der Waals surface area contributed by atoms with Gasteiger partial charge in [0.15, 0.2) is 0 Å². The van der Waals surface area contributed by atoms with Crippen molar-refractivity contribution in [2.24, 2.45) is 0 Å². The Hall–Kier alpha value is -2.46. The van der Waals surface area contributed by atoms with Gasteiger partial charge in [0.1, 0.15) is 12.4 Å². The summed E-state index contributed by atoms with van der Waals surface area (Å²) in [5.41, 5.74) is 1.38. The average molecular weight is 453 g/mol. The number of fused-ring (bicyclic) bond motifs is 1. The zero-order valence-electron chi connectivity index (χ0n) is 19.1. The van der Waals surface area contributed by atoms with Crippen LogP contribution in [0.15, 0.2) is 23.1 Å². The Labute approximate surface area is 184 Å². The van der Waals surface area contributed by atoms with Crippen molar-refractivity contribution in [3.63, 3.8) is 0 Å². The molecule has 0 unspecified atom stereocenters. The third kappa shape index (κ3) is 5.62. The molecule has 0 aliphatic rings. The van der Waals surface area contributed by atoms with Gasteiger partial charge >= 0.3 is 5.97 Å². The molecule has 0 spiro atoms. The first-order chi connectivity index (χ1) is 14.5. The number of carbonyl (C=O) groups is 2. The molecule has 0 fully saturated rings. The number of hydrogen-bond acceptors (Lipinski definition) is 6. The van der Waals surface area contributed by atoms with E-state index in [9.17, 15) is 18.0 Å². The van der Waals surface area contributed by atoms with Crippen molar-refractivity contribution in [1.29, 1.82) is 0 Å². The summed E-state index contributed by atoms with van der Waals surface area (Å²) in [6.45, 7) is 8.22. The number of rotatable bonds is 10. The highest BCUT2D eigenvalue weighted by Crippen LogP contribution is 2.23. The van der Waals surface area contributed by atoms with Gasteiger partial charge in [0.05, 0.1) is 22.5 Å². The molecule has 1 aromatic heterocycles. The lowest BCUT2D eigenvalue weighted by atomic mass is 10.2. The molecular formula is C21H32N4O5S. The molecular weight excluding hydrogens is 420 g/mol. The number of imidazole rings is 1. The van der Waals surface area contributed by atoms with Crippen LogP contribution < -0.4 is 0 Å². The number of esters is 1. The summed E-state index contributed by atoms with van der Waals surface area (Å²) in [7, 11) is -0.594. The second-order valence-electron chi connectivity index (χ2n) is 7.63. The third-order valence-electron chi connectivity index (χ3n) is 5.00. The van der Waals surface area contributed by atoms with Gasteiger partial charge in [-0.05, 0) is 45.9 Å². The standard InChI is InChI=1S/C21H32N4O5S/c1-7-24-18-10-9-16(31(28,29)23(5)6)13-17(18)22-19(24)11-12-20(26)25(15(3)4)14-21(27)30-8-2/h9-10,13,15H,7-8,11-12,14H2,1-6H3. The molecule has 0 aliphatic heterocycles. The number of hydrogen-bond donors (Lipinski definition) is 0. The molecule has 1 heterocycles. The molecule has 172 valence electrons. The van der Waals surface area contributed by atoms with Crippen LogP contribution >= 0.6 is 0 Å². The smallest absolute Gasteiger partial charge is 0.325 e. The highest BCUT2D eigenvalue weighted by Gasteiger charge is 2.23. The maximum atomic E-state index is 12.8. The molecule has 31 heavy (non-hydrogen) atoms. The van der Waals surface area contributed by atoms with E-state index in [1.807, 2.05) is 25.3 Å². The normalized spacial score (nSPS) is 12.0. The summed E-state index contributed by atoms with van der Waals surface area (Å²) in [4.78, 5) is 30.9. The van der Waals surface area contributed by atoms with Crippen molar-refractivity contribution in [2.75, 3.05) is 27.2 Å². The second kappa shape index (κ2) is 10.2. The Morgan fingerprint density at radius 3 is 2.42 bits per heavy atom. The van der Waals surface area contributed by atoms with E-state index in [2.05, 4.69) is 4.98 Å². The fourth-order valence-corrected chi connectivity index (χ4v) is 4.26. The molecule has 0 radical (unpaired) electrons. The zero-order valence-corrected chi connectivity index (χ0v) is 19.9. The van der Waals surface area contributed by atoms with Crippen molar-refractivity contribution >= 4 is 32.9 Å². The molecule has 2 aromatic rings. The molecule has 1 aromatic carbocycles. The lowest BCUT2D eigenvalue weighted by Gasteiger charge is -2.25. The maximum Gasteiger partial charge on any atom is 0.325 e. The van der Waals surface area contributed by atoms with Gasteiger partial charge in [-0.15, -0.1) is 0 Å². The Balaban J connectivity index is 2.26. The Bertz CT molecular complexity index is 1040. The molecule has 0 saturated heterocycles. The summed E-state index contributed by atoms with van der Waals surface area (Å²) in [5, 5.41) is 0. The number of aryl methyl sites for hydroxylation is 2. The third-order valence-corrected chi connectivity index (χ3v) is 6.82. The average Bonchev–Trinajstić information content (AvgIpc) is 3.06. The number of amides is 1. The molecule has 0 N–H and O–H groups in total. The highest BCUT2D eigenvalue weighted by molar-refractivity contribution is 7.89. The monoisotopic (exact) mass is 452 g/mol. The van der Waals surface area contributed by atoms with Gasteiger partial charge in [-0.3, -0.25) is 9.59 Å². The van der Waals surface area contributed by atoms with E-state index in [-0.39, 0.29) is 36.4 Å². The number of sulfonamides is 1. The fourth-order valence-electron chi connectivity index (χ4n) is 3.34. The van der Waals surface area contributed by atoms with E-state index >= 15 is 0 Å². The van der Waals surface area contributed by atoms with Gasteiger partial charge in [-0.25, -0.2) is 17.7 Å². The topological polar surface area (TPSA) is 102 Å². The quantitative estimate of drug-likeness (QED) is 0.511. The fraction of sp³-hybridized carbons (Fsp3) is 0.571. The van der Waals surface area contributed by atoms with E-state index in [4.69, 9.17) is 4.74 Å². The van der Waals surface area contributed by atoms with E-state index < -0.39 is 16.0 Å². The predicted octanol–water partition coefficient (Wildman–Crippen LogP) is 2.04. The molecule has 2 rings (SSSR count). The number of ether oxygens (including phenoxy) is 1. The molecule has 0 saturated carbocycles. The van der Waals surface area contributed by atoms with Crippen LogP contribution in [0.3, 0.4) is 0 Å². The van der Waals surface area contributed by atoms with Gasteiger partial charge in [0.2, 0.25) is 15.9 Å². The molecule has 0 aliphatic carbocycles. The molecule has 0 bridgehead atoms. The Morgan fingerprint density at radius 2 is 1.87 bits per heavy atom. The Morgan fingerprint density at radius 1 is 1.19 bits per heavy atom. The second-order valence-corrected chi connectivity index (χ2v) is 9.78. The lowest BCUT2D eigenvalue weighted by molar-refractivity contribution is -0.150. The Kier molecular flexibility index (Phi) is 8.19. The summed E-state index contributed by atoms with van der Waals surface area (Å²) in [6.07, 6.45) is 0.562. The summed E-state index contributed by atoms with van der Waals surface area (Å²) in [5.74, 6) is 0.110. The first kappa shape index (κ1) is 24.8. The van der Waals surface area contributed by atoms with Crippen LogP contribution in [-0.2, 0) is 37.3 Å². The number of benzene rings is 1. The van der Waals surface area contributed by atoms with E-state index in [1.54, 1.807) is 25.1 Å².